The monoisotopic (exact) mass is 572 g/mol. The van der Waals surface area contributed by atoms with Crippen molar-refractivity contribution in [2.24, 2.45) is 0 Å². The number of hydrogen-bond acceptors (Lipinski definition) is 4. The summed E-state index contributed by atoms with van der Waals surface area (Å²) in [6, 6.07) is 18.7. The summed E-state index contributed by atoms with van der Waals surface area (Å²) in [6.45, 7) is 2.55. The second kappa shape index (κ2) is 11.6. The van der Waals surface area contributed by atoms with Crippen LogP contribution in [0, 0.1) is 17.1 Å². The molecule has 0 atom stereocenters. The van der Waals surface area contributed by atoms with Crippen LogP contribution in [0.4, 0.5) is 10.1 Å². The molecule has 1 amide bonds. The van der Waals surface area contributed by atoms with Crippen LogP contribution in [0.15, 0.2) is 75.2 Å². The quantitative estimate of drug-likeness (QED) is 0.236. The first-order valence-corrected chi connectivity index (χ1v) is 11.5. The maximum Gasteiger partial charge on any atom is 0.266 e. The topological polar surface area (TPSA) is 71.3 Å². The van der Waals surface area contributed by atoms with Gasteiger partial charge in [-0.2, -0.15) is 5.26 Å². The van der Waals surface area contributed by atoms with Crippen molar-refractivity contribution in [2.75, 3.05) is 11.9 Å². The first-order chi connectivity index (χ1) is 15.9. The number of nitriles is 1. The number of nitrogens with one attached hydrogen (secondary N) is 1. The Bertz CT molecular complexity index is 1240. The number of rotatable bonds is 8. The lowest BCUT2D eigenvalue weighted by atomic mass is 10.1. The summed E-state index contributed by atoms with van der Waals surface area (Å²) < 4.78 is 27.1. The van der Waals surface area contributed by atoms with Crippen LogP contribution in [0.1, 0.15) is 18.1 Å². The number of para-hydroxylation sites is 1. The first kappa shape index (κ1) is 24.5. The van der Waals surface area contributed by atoms with Crippen LogP contribution in [-0.2, 0) is 11.4 Å². The van der Waals surface area contributed by atoms with Gasteiger partial charge in [0.15, 0.2) is 11.5 Å². The lowest BCUT2D eigenvalue weighted by molar-refractivity contribution is -0.112. The van der Waals surface area contributed by atoms with Crippen molar-refractivity contribution in [2.45, 2.75) is 13.5 Å². The van der Waals surface area contributed by atoms with Gasteiger partial charge in [0.2, 0.25) is 0 Å². The Morgan fingerprint density at radius 1 is 1.09 bits per heavy atom. The third-order valence-electron chi connectivity index (χ3n) is 4.46. The lowest BCUT2D eigenvalue weighted by Crippen LogP contribution is -2.14. The molecule has 0 heterocycles. The highest BCUT2D eigenvalue weighted by molar-refractivity contribution is 9.10. The van der Waals surface area contributed by atoms with Gasteiger partial charge in [0, 0.05) is 10.0 Å². The number of anilines is 1. The minimum Gasteiger partial charge on any atom is -0.490 e. The number of hydrogen-bond donors (Lipinski definition) is 1. The highest BCUT2D eigenvalue weighted by Crippen LogP contribution is 2.38. The van der Waals surface area contributed by atoms with Crippen molar-refractivity contribution in [3.05, 3.63) is 92.1 Å². The molecule has 3 aromatic carbocycles. The summed E-state index contributed by atoms with van der Waals surface area (Å²) in [5.41, 5.74) is 1.32. The number of halogens is 3. The molecule has 8 heteroatoms. The zero-order chi connectivity index (χ0) is 23.8. The van der Waals surface area contributed by atoms with Gasteiger partial charge >= 0.3 is 0 Å². The van der Waals surface area contributed by atoms with Crippen LogP contribution >= 0.6 is 31.9 Å². The molecule has 0 aliphatic rings. The lowest BCUT2D eigenvalue weighted by Gasteiger charge is -2.15. The molecule has 0 spiro atoms. The molecule has 3 aromatic rings. The third kappa shape index (κ3) is 6.44. The molecule has 0 saturated carbocycles. The highest BCUT2D eigenvalue weighted by Gasteiger charge is 2.16. The van der Waals surface area contributed by atoms with Crippen molar-refractivity contribution < 1.29 is 18.7 Å². The van der Waals surface area contributed by atoms with Gasteiger partial charge in [0.05, 0.1) is 16.8 Å². The minimum absolute atomic E-state index is 0.00402. The Kier molecular flexibility index (Phi) is 8.64. The van der Waals surface area contributed by atoms with Crippen LogP contribution in [0.5, 0.6) is 11.5 Å². The van der Waals surface area contributed by atoms with Gasteiger partial charge < -0.3 is 14.8 Å². The van der Waals surface area contributed by atoms with Gasteiger partial charge in [-0.3, -0.25) is 4.79 Å². The molecular weight excluding hydrogens is 555 g/mol. The Labute approximate surface area is 208 Å². The zero-order valence-corrected chi connectivity index (χ0v) is 20.7. The van der Waals surface area contributed by atoms with E-state index in [-0.39, 0.29) is 11.3 Å². The fraction of sp³-hybridized carbons (Fsp3) is 0.120. The predicted octanol–water partition coefficient (Wildman–Crippen LogP) is 6.87. The Hall–Kier alpha value is -3.15. The number of amides is 1. The van der Waals surface area contributed by atoms with Gasteiger partial charge in [-0.05, 0) is 64.8 Å². The van der Waals surface area contributed by atoms with Crippen LogP contribution < -0.4 is 14.8 Å². The second-order valence-corrected chi connectivity index (χ2v) is 8.46. The SMILES string of the molecule is CCOc1cc(/C=C(\C#N)C(=O)Nc2ccccc2F)cc(Br)c1OCc1ccccc1Br. The Morgan fingerprint density at radius 2 is 1.82 bits per heavy atom. The molecule has 0 fully saturated rings. The second-order valence-electron chi connectivity index (χ2n) is 6.75. The van der Waals surface area contributed by atoms with E-state index in [1.807, 2.05) is 37.3 Å². The Balaban J connectivity index is 1.87. The molecule has 0 unspecified atom stereocenters. The van der Waals surface area contributed by atoms with Crippen molar-refractivity contribution in [1.29, 1.82) is 5.26 Å². The van der Waals surface area contributed by atoms with E-state index in [1.165, 1.54) is 24.3 Å². The summed E-state index contributed by atoms with van der Waals surface area (Å²) in [4.78, 5) is 12.5. The number of benzene rings is 3. The molecule has 3 rings (SSSR count). The predicted molar refractivity (Wildman–Crippen MR) is 132 cm³/mol. The molecule has 168 valence electrons. The van der Waals surface area contributed by atoms with Crippen molar-refractivity contribution >= 4 is 49.5 Å². The standard InChI is InChI=1S/C25H19Br2FN2O3/c1-2-32-23-13-16(11-18(14-29)25(31)30-22-10-6-5-9-21(22)28)12-20(27)24(23)33-15-17-7-3-4-8-19(17)26/h3-13H,2,15H2,1H3,(H,30,31)/b18-11+. The number of ether oxygens (including phenoxy) is 2. The molecule has 33 heavy (non-hydrogen) atoms. The molecule has 1 N–H and O–H groups in total. The molecule has 0 bridgehead atoms. The molecule has 5 nitrogen and oxygen atoms in total. The molecule has 0 saturated heterocycles. The van der Waals surface area contributed by atoms with E-state index in [2.05, 4.69) is 37.2 Å². The van der Waals surface area contributed by atoms with E-state index in [0.717, 1.165) is 10.0 Å². The van der Waals surface area contributed by atoms with E-state index in [1.54, 1.807) is 18.2 Å². The van der Waals surface area contributed by atoms with E-state index in [4.69, 9.17) is 9.47 Å². The van der Waals surface area contributed by atoms with Gasteiger partial charge in [0.1, 0.15) is 24.1 Å². The average molecular weight is 574 g/mol. The van der Waals surface area contributed by atoms with Crippen molar-refractivity contribution in [3.63, 3.8) is 0 Å². The zero-order valence-electron chi connectivity index (χ0n) is 17.6. The van der Waals surface area contributed by atoms with E-state index < -0.39 is 11.7 Å². The molecule has 0 aliphatic carbocycles. The summed E-state index contributed by atoms with van der Waals surface area (Å²) in [6.07, 6.45) is 1.40. The Morgan fingerprint density at radius 3 is 2.52 bits per heavy atom. The smallest absolute Gasteiger partial charge is 0.266 e. The van der Waals surface area contributed by atoms with E-state index >= 15 is 0 Å². The average Bonchev–Trinajstić information content (AvgIpc) is 2.79. The number of nitrogens with zero attached hydrogens (tertiary/aromatic N) is 1. The molecular formula is C25H19Br2FN2O3. The summed E-state index contributed by atoms with van der Waals surface area (Å²) in [5.74, 6) is -0.349. The maximum absolute atomic E-state index is 13.8. The van der Waals surface area contributed by atoms with Crippen LogP contribution in [0.25, 0.3) is 6.08 Å². The molecule has 0 radical (unpaired) electrons. The molecule has 0 aliphatic heterocycles. The van der Waals surface area contributed by atoms with Crippen molar-refractivity contribution in [1.82, 2.24) is 0 Å². The minimum atomic E-state index is -0.717. The van der Waals surface area contributed by atoms with Gasteiger partial charge in [0.25, 0.3) is 5.91 Å². The summed E-state index contributed by atoms with van der Waals surface area (Å²) >= 11 is 7.00. The van der Waals surface area contributed by atoms with E-state index in [9.17, 15) is 14.4 Å². The van der Waals surface area contributed by atoms with Crippen LogP contribution in [0.2, 0.25) is 0 Å². The summed E-state index contributed by atoms with van der Waals surface area (Å²) in [7, 11) is 0. The van der Waals surface area contributed by atoms with Gasteiger partial charge in [-0.15, -0.1) is 0 Å². The van der Waals surface area contributed by atoms with Crippen molar-refractivity contribution in [3.8, 4) is 17.6 Å². The highest BCUT2D eigenvalue weighted by atomic mass is 79.9. The third-order valence-corrected chi connectivity index (χ3v) is 5.82. The summed E-state index contributed by atoms with van der Waals surface area (Å²) in [5, 5.41) is 11.9. The van der Waals surface area contributed by atoms with Gasteiger partial charge in [-0.1, -0.05) is 46.3 Å². The first-order valence-electron chi connectivity index (χ1n) is 9.93. The van der Waals surface area contributed by atoms with Gasteiger partial charge in [-0.25, -0.2) is 4.39 Å². The number of carbonyl (C=O) groups is 1. The largest absolute Gasteiger partial charge is 0.490 e. The number of carbonyl (C=O) groups excluding carboxylic acids is 1. The van der Waals surface area contributed by atoms with Crippen LogP contribution in [0.3, 0.4) is 0 Å². The molecule has 0 aromatic heterocycles. The van der Waals surface area contributed by atoms with E-state index in [0.29, 0.717) is 34.7 Å². The fourth-order valence-electron chi connectivity index (χ4n) is 2.91. The normalized spacial score (nSPS) is 10.9. The fourth-order valence-corrected chi connectivity index (χ4v) is 3.88. The maximum atomic E-state index is 13.8. The van der Waals surface area contributed by atoms with Crippen LogP contribution in [-0.4, -0.2) is 12.5 Å².